The van der Waals surface area contributed by atoms with Gasteiger partial charge in [0, 0.05) is 0 Å². The summed E-state index contributed by atoms with van der Waals surface area (Å²) in [6.07, 6.45) is 2.03. The van der Waals surface area contributed by atoms with E-state index in [9.17, 15) is 8.42 Å². The lowest BCUT2D eigenvalue weighted by Crippen LogP contribution is -2.16. The third-order valence-corrected chi connectivity index (χ3v) is 1.07. The van der Waals surface area contributed by atoms with Crippen LogP contribution in [0, 0.1) is 0 Å². The molecule has 0 bridgehead atoms. The molecule has 0 aromatic heterocycles. The van der Waals surface area contributed by atoms with E-state index in [1.807, 2.05) is 4.83 Å². The van der Waals surface area contributed by atoms with Crippen molar-refractivity contribution in [2.24, 2.45) is 5.10 Å². The van der Waals surface area contributed by atoms with Gasteiger partial charge in [0.1, 0.15) is 4.84 Å². The van der Waals surface area contributed by atoms with E-state index in [-0.39, 0.29) is 0 Å². The summed E-state index contributed by atoms with van der Waals surface area (Å²) in [6, 6.07) is 0. The van der Waals surface area contributed by atoms with Gasteiger partial charge >= 0.3 is 0 Å². The third kappa shape index (κ3) is 8.00. The molecule has 0 aliphatic carbocycles. The molecule has 0 amide bonds. The van der Waals surface area contributed by atoms with E-state index in [1.54, 1.807) is 0 Å². The molecular formula is C3H6Cl2N2O2S. The van der Waals surface area contributed by atoms with Crippen LogP contribution in [0.3, 0.4) is 0 Å². The minimum absolute atomic E-state index is 0.797. The van der Waals surface area contributed by atoms with E-state index < -0.39 is 14.9 Å². The highest BCUT2D eigenvalue weighted by molar-refractivity contribution is 7.88. The molecule has 10 heavy (non-hydrogen) atoms. The number of nitrogens with zero attached hydrogens (tertiary/aromatic N) is 1. The second kappa shape index (κ2) is 4.00. The molecule has 4 nitrogen and oxygen atoms in total. The molecule has 0 aliphatic rings. The fraction of sp³-hybridized carbons (Fsp3) is 0.667. The smallest absolute Gasteiger partial charge is 0.206 e. The summed E-state index contributed by atoms with van der Waals surface area (Å²) >= 11 is 10.4. The van der Waals surface area contributed by atoms with Crippen LogP contribution >= 0.6 is 23.2 Å². The molecule has 0 unspecified atom stereocenters. The average molecular weight is 205 g/mol. The SMILES string of the molecule is CS(=O)(=O)NN=CC(Cl)Cl. The van der Waals surface area contributed by atoms with Gasteiger partial charge < -0.3 is 0 Å². The fourth-order valence-electron chi connectivity index (χ4n) is 0.183. The maximum absolute atomic E-state index is 10.3. The van der Waals surface area contributed by atoms with Gasteiger partial charge in [-0.15, -0.1) is 0 Å². The molecule has 0 aromatic rings. The lowest BCUT2D eigenvalue weighted by Gasteiger charge is -1.93. The van der Waals surface area contributed by atoms with Crippen LogP contribution in [0.4, 0.5) is 0 Å². The maximum Gasteiger partial charge on any atom is 0.244 e. The number of hydrazone groups is 1. The molecule has 7 heteroatoms. The van der Waals surface area contributed by atoms with Crippen molar-refractivity contribution in [3.8, 4) is 0 Å². The Morgan fingerprint density at radius 2 is 2.10 bits per heavy atom. The predicted molar refractivity (Wildman–Crippen MR) is 42.0 cm³/mol. The second-order valence-corrected chi connectivity index (χ2v) is 4.37. The van der Waals surface area contributed by atoms with E-state index in [4.69, 9.17) is 23.2 Å². The van der Waals surface area contributed by atoms with Gasteiger partial charge in [-0.05, 0) is 0 Å². The van der Waals surface area contributed by atoms with E-state index in [0.29, 0.717) is 0 Å². The zero-order valence-electron chi connectivity index (χ0n) is 5.08. The van der Waals surface area contributed by atoms with Crippen LogP contribution in [0.5, 0.6) is 0 Å². The number of alkyl halides is 2. The Morgan fingerprint density at radius 3 is 2.40 bits per heavy atom. The Hall–Kier alpha value is -0.000000000000000111. The number of hydrogen-bond donors (Lipinski definition) is 1. The second-order valence-electron chi connectivity index (χ2n) is 1.48. The highest BCUT2D eigenvalue weighted by Crippen LogP contribution is 1.95. The fourth-order valence-corrected chi connectivity index (χ4v) is 0.548. The van der Waals surface area contributed by atoms with Crippen molar-refractivity contribution in [3.05, 3.63) is 0 Å². The van der Waals surface area contributed by atoms with Crippen molar-refractivity contribution in [1.82, 2.24) is 4.83 Å². The summed E-state index contributed by atoms with van der Waals surface area (Å²) in [5, 5.41) is 3.22. The molecule has 0 fully saturated rings. The molecule has 60 valence electrons. The normalized spacial score (nSPS) is 12.8. The number of hydrogen-bond acceptors (Lipinski definition) is 3. The van der Waals surface area contributed by atoms with Crippen LogP contribution in [0.15, 0.2) is 5.10 Å². The van der Waals surface area contributed by atoms with E-state index in [2.05, 4.69) is 5.10 Å². The lowest BCUT2D eigenvalue weighted by molar-refractivity contribution is 0.591. The number of rotatable bonds is 3. The highest BCUT2D eigenvalue weighted by Gasteiger charge is 1.95. The summed E-state index contributed by atoms with van der Waals surface area (Å²) in [5.41, 5.74) is 0. The highest BCUT2D eigenvalue weighted by atomic mass is 35.5. The monoisotopic (exact) mass is 204 g/mol. The molecular weight excluding hydrogens is 199 g/mol. The van der Waals surface area contributed by atoms with E-state index >= 15 is 0 Å². The molecule has 0 spiro atoms. The van der Waals surface area contributed by atoms with Gasteiger partial charge in [0.15, 0.2) is 0 Å². The summed E-state index contributed by atoms with van der Waals surface area (Å²) in [4.78, 5) is 1.03. The first kappa shape index (κ1) is 10.0. The third-order valence-electron chi connectivity index (χ3n) is 0.406. The van der Waals surface area contributed by atoms with Crippen molar-refractivity contribution in [2.75, 3.05) is 6.26 Å². The van der Waals surface area contributed by atoms with E-state index in [1.165, 1.54) is 0 Å². The molecule has 0 aromatic carbocycles. The lowest BCUT2D eigenvalue weighted by atomic mass is 10.9. The van der Waals surface area contributed by atoms with Gasteiger partial charge in [-0.2, -0.15) is 5.10 Å². The van der Waals surface area contributed by atoms with Crippen molar-refractivity contribution >= 4 is 39.4 Å². The first-order chi connectivity index (χ1) is 4.42. The van der Waals surface area contributed by atoms with Crippen molar-refractivity contribution < 1.29 is 8.42 Å². The van der Waals surface area contributed by atoms with Gasteiger partial charge in [-0.3, -0.25) is 0 Å². The largest absolute Gasteiger partial charge is 0.244 e. The molecule has 0 rings (SSSR count). The Morgan fingerprint density at radius 1 is 1.60 bits per heavy atom. The molecule has 0 atom stereocenters. The molecule has 0 saturated carbocycles. The van der Waals surface area contributed by atoms with Crippen molar-refractivity contribution in [2.45, 2.75) is 4.84 Å². The van der Waals surface area contributed by atoms with Gasteiger partial charge in [-0.1, -0.05) is 23.2 Å². The molecule has 0 radical (unpaired) electrons. The zero-order chi connectivity index (χ0) is 8.20. The first-order valence-corrected chi connectivity index (χ1v) is 4.96. The molecule has 0 heterocycles. The topological polar surface area (TPSA) is 58.5 Å². The standard InChI is InChI=1S/C3H6Cl2N2O2S/c1-10(8,9)7-6-2-3(4)5/h2-3,7H,1H3. The molecule has 0 saturated heterocycles. The van der Waals surface area contributed by atoms with Crippen LogP contribution in [0.2, 0.25) is 0 Å². The minimum Gasteiger partial charge on any atom is -0.206 e. The van der Waals surface area contributed by atoms with Crippen LogP contribution in [-0.4, -0.2) is 25.7 Å². The van der Waals surface area contributed by atoms with Crippen LogP contribution in [0.1, 0.15) is 0 Å². The van der Waals surface area contributed by atoms with Gasteiger partial charge in [0.25, 0.3) is 0 Å². The first-order valence-electron chi connectivity index (χ1n) is 2.20. The van der Waals surface area contributed by atoms with Crippen LogP contribution in [-0.2, 0) is 10.0 Å². The zero-order valence-corrected chi connectivity index (χ0v) is 7.41. The summed E-state index contributed by atoms with van der Waals surface area (Å²) < 4.78 is 20.6. The van der Waals surface area contributed by atoms with Gasteiger partial charge in [0.05, 0.1) is 12.5 Å². The van der Waals surface area contributed by atoms with Crippen molar-refractivity contribution in [1.29, 1.82) is 0 Å². The Kier molecular flexibility index (Phi) is 4.00. The summed E-state index contributed by atoms with van der Waals surface area (Å²) in [6.45, 7) is 0. The van der Waals surface area contributed by atoms with E-state index in [0.717, 1.165) is 12.5 Å². The number of halogens is 2. The number of sulfonamides is 1. The van der Waals surface area contributed by atoms with Gasteiger partial charge in [0.2, 0.25) is 10.0 Å². The van der Waals surface area contributed by atoms with Crippen LogP contribution < -0.4 is 4.83 Å². The number of nitrogens with one attached hydrogen (secondary N) is 1. The quantitative estimate of drug-likeness (QED) is 0.410. The van der Waals surface area contributed by atoms with Gasteiger partial charge in [-0.25, -0.2) is 13.2 Å². The van der Waals surface area contributed by atoms with Crippen molar-refractivity contribution in [3.63, 3.8) is 0 Å². The summed E-state index contributed by atoms with van der Waals surface area (Å²) in [5.74, 6) is 0. The Bertz CT molecular complexity index is 211. The maximum atomic E-state index is 10.3. The summed E-state index contributed by atoms with van der Waals surface area (Å²) in [7, 11) is -3.28. The van der Waals surface area contributed by atoms with Crippen LogP contribution in [0.25, 0.3) is 0 Å². The predicted octanol–water partition coefficient (Wildman–Crippen LogP) is 0.325. The Balaban J connectivity index is 3.77. The molecule has 1 N–H and O–H groups in total. The molecule has 0 aliphatic heterocycles. The average Bonchev–Trinajstić information content (AvgIpc) is 1.59. The Labute approximate surface area is 69.3 Å². The minimum atomic E-state index is -3.28.